The molecule has 1 atom stereocenters. The van der Waals surface area contributed by atoms with Gasteiger partial charge in [-0.2, -0.15) is 8.42 Å². The van der Waals surface area contributed by atoms with Gasteiger partial charge in [-0.05, 0) is 17.5 Å². The fraction of sp³-hybridized carbons (Fsp3) is 0.300. The Morgan fingerprint density at radius 2 is 1.94 bits per heavy atom. The summed E-state index contributed by atoms with van der Waals surface area (Å²) >= 11 is 0. The number of aliphatic carboxylic acids is 1. The van der Waals surface area contributed by atoms with Crippen molar-refractivity contribution in [2.24, 2.45) is 0 Å². The van der Waals surface area contributed by atoms with Crippen molar-refractivity contribution in [3.8, 4) is 0 Å². The number of hydrogen-bond donors (Lipinski definition) is 2. The summed E-state index contributed by atoms with van der Waals surface area (Å²) in [5, 5.41) is 6.93. The molecule has 6 heteroatoms. The van der Waals surface area contributed by atoms with E-state index < -0.39 is 21.3 Å². The number of hydrogen-bond acceptors (Lipinski definition) is 3. The Balaban J connectivity index is 3.38. The first kappa shape index (κ1) is 12.7. The molecule has 0 spiro atoms. The van der Waals surface area contributed by atoms with Crippen molar-refractivity contribution in [1.29, 1.82) is 0 Å². The molecule has 5 nitrogen and oxygen atoms in total. The van der Waals surface area contributed by atoms with Crippen LogP contribution >= 0.6 is 0 Å². The molecule has 0 radical (unpaired) electrons. The first-order valence-corrected chi connectivity index (χ1v) is 6.15. The van der Waals surface area contributed by atoms with Crippen LogP contribution in [0.1, 0.15) is 23.3 Å². The van der Waals surface area contributed by atoms with Crippen molar-refractivity contribution in [2.75, 3.05) is 0 Å². The lowest BCUT2D eigenvalue weighted by Crippen LogP contribution is -2.22. The lowest BCUT2D eigenvalue weighted by atomic mass is 10.0. The summed E-state index contributed by atoms with van der Waals surface area (Å²) in [5.74, 6) is -1.58. The highest BCUT2D eigenvalue weighted by molar-refractivity contribution is 7.86. The Bertz CT molecular complexity index is 492. The van der Waals surface area contributed by atoms with Gasteiger partial charge in [0.15, 0.2) is 0 Å². The molecule has 2 N–H and O–H groups in total. The fourth-order valence-corrected chi connectivity index (χ4v) is 2.34. The minimum Gasteiger partial charge on any atom is -0.480 e. The van der Waals surface area contributed by atoms with Gasteiger partial charge in [-0.25, -0.2) is 0 Å². The molecule has 0 amide bonds. The van der Waals surface area contributed by atoms with Gasteiger partial charge < -0.3 is 5.11 Å². The van der Waals surface area contributed by atoms with E-state index in [1.54, 1.807) is 19.1 Å². The molecule has 0 fully saturated rings. The van der Waals surface area contributed by atoms with E-state index in [0.717, 1.165) is 0 Å². The average Bonchev–Trinajstić information content (AvgIpc) is 2.15. The van der Waals surface area contributed by atoms with E-state index in [1.165, 1.54) is 12.1 Å². The first-order valence-electron chi connectivity index (χ1n) is 4.64. The standard InChI is InChI=1S/C10H12O5S/c1-2-7-5-3-4-6-8(7)9(10(11)12)16(13,14)15/h3-6,9H,2H2,1H3,(H,11,12)(H,13,14,15). The summed E-state index contributed by atoms with van der Waals surface area (Å²) in [6.07, 6.45) is 0.496. The molecule has 0 aromatic heterocycles. The second kappa shape index (κ2) is 4.63. The van der Waals surface area contributed by atoms with Gasteiger partial charge in [-0.15, -0.1) is 0 Å². The molecule has 0 aliphatic heterocycles. The van der Waals surface area contributed by atoms with Crippen LogP contribution in [0.25, 0.3) is 0 Å². The number of carboxylic acids is 1. The second-order valence-corrected chi connectivity index (χ2v) is 4.79. The lowest BCUT2D eigenvalue weighted by Gasteiger charge is -2.13. The van der Waals surface area contributed by atoms with Crippen molar-refractivity contribution in [1.82, 2.24) is 0 Å². The third kappa shape index (κ3) is 2.59. The van der Waals surface area contributed by atoms with E-state index in [4.69, 9.17) is 9.66 Å². The molecule has 0 aliphatic rings. The highest BCUT2D eigenvalue weighted by Crippen LogP contribution is 2.25. The monoisotopic (exact) mass is 244 g/mol. The van der Waals surface area contributed by atoms with Gasteiger partial charge in [0, 0.05) is 0 Å². The van der Waals surface area contributed by atoms with Crippen LogP contribution in [-0.4, -0.2) is 24.0 Å². The normalized spacial score (nSPS) is 13.4. The van der Waals surface area contributed by atoms with Crippen molar-refractivity contribution >= 4 is 16.1 Å². The molecule has 0 saturated carbocycles. The summed E-state index contributed by atoms with van der Waals surface area (Å²) < 4.78 is 30.9. The molecule has 1 rings (SSSR count). The minimum absolute atomic E-state index is 0.111. The van der Waals surface area contributed by atoms with Crippen LogP contribution in [0.15, 0.2) is 24.3 Å². The largest absolute Gasteiger partial charge is 0.480 e. The van der Waals surface area contributed by atoms with Gasteiger partial charge in [0.05, 0.1) is 0 Å². The Morgan fingerprint density at radius 3 is 2.38 bits per heavy atom. The van der Waals surface area contributed by atoms with Gasteiger partial charge in [0.2, 0.25) is 5.25 Å². The summed E-state index contributed by atoms with van der Waals surface area (Å²) in [7, 11) is -4.65. The topological polar surface area (TPSA) is 91.7 Å². The molecule has 1 aromatic rings. The van der Waals surface area contributed by atoms with Gasteiger partial charge in [0.25, 0.3) is 10.1 Å². The molecule has 0 heterocycles. The van der Waals surface area contributed by atoms with Crippen molar-refractivity contribution in [3.05, 3.63) is 35.4 Å². The van der Waals surface area contributed by atoms with E-state index in [-0.39, 0.29) is 5.56 Å². The highest BCUT2D eigenvalue weighted by Gasteiger charge is 2.33. The zero-order chi connectivity index (χ0) is 12.3. The van der Waals surface area contributed by atoms with Crippen LogP contribution in [0.3, 0.4) is 0 Å². The number of carboxylic acid groups (broad SMARTS) is 1. The molecule has 16 heavy (non-hydrogen) atoms. The van der Waals surface area contributed by atoms with Gasteiger partial charge in [-0.3, -0.25) is 9.35 Å². The number of aryl methyl sites for hydroxylation is 1. The molecule has 1 aromatic carbocycles. The third-order valence-corrected chi connectivity index (χ3v) is 3.29. The van der Waals surface area contributed by atoms with E-state index in [2.05, 4.69) is 0 Å². The maximum Gasteiger partial charge on any atom is 0.329 e. The predicted molar refractivity (Wildman–Crippen MR) is 57.7 cm³/mol. The van der Waals surface area contributed by atoms with Crippen LogP contribution in [0.2, 0.25) is 0 Å². The van der Waals surface area contributed by atoms with Crippen molar-refractivity contribution < 1.29 is 22.9 Å². The van der Waals surface area contributed by atoms with Gasteiger partial charge in [0.1, 0.15) is 0 Å². The second-order valence-electron chi connectivity index (χ2n) is 3.29. The van der Waals surface area contributed by atoms with Crippen LogP contribution < -0.4 is 0 Å². The van der Waals surface area contributed by atoms with Gasteiger partial charge in [-0.1, -0.05) is 31.2 Å². The highest BCUT2D eigenvalue weighted by atomic mass is 32.2. The van der Waals surface area contributed by atoms with Crippen LogP contribution in [0.5, 0.6) is 0 Å². The number of rotatable bonds is 4. The van der Waals surface area contributed by atoms with E-state index in [0.29, 0.717) is 12.0 Å². The Kier molecular flexibility index (Phi) is 3.66. The third-order valence-electron chi connectivity index (χ3n) is 2.24. The van der Waals surface area contributed by atoms with Crippen molar-refractivity contribution in [2.45, 2.75) is 18.6 Å². The lowest BCUT2D eigenvalue weighted by molar-refractivity contribution is -0.136. The smallest absolute Gasteiger partial charge is 0.329 e. The maximum absolute atomic E-state index is 11.0. The molecule has 0 bridgehead atoms. The van der Waals surface area contributed by atoms with E-state index in [9.17, 15) is 13.2 Å². The minimum atomic E-state index is -4.65. The Morgan fingerprint density at radius 1 is 1.38 bits per heavy atom. The molecular weight excluding hydrogens is 232 g/mol. The molecule has 88 valence electrons. The number of carbonyl (C=O) groups is 1. The van der Waals surface area contributed by atoms with E-state index in [1.807, 2.05) is 0 Å². The Hall–Kier alpha value is -1.40. The fourth-order valence-electron chi connectivity index (χ4n) is 1.53. The number of benzene rings is 1. The van der Waals surface area contributed by atoms with Crippen LogP contribution in [0, 0.1) is 0 Å². The first-order chi connectivity index (χ1) is 7.38. The molecule has 0 saturated heterocycles. The quantitative estimate of drug-likeness (QED) is 0.778. The zero-order valence-corrected chi connectivity index (χ0v) is 9.44. The molecule has 0 aliphatic carbocycles. The molecular formula is C10H12O5S. The SMILES string of the molecule is CCc1ccccc1C(C(=O)O)S(=O)(=O)O. The van der Waals surface area contributed by atoms with E-state index >= 15 is 0 Å². The van der Waals surface area contributed by atoms with Crippen LogP contribution in [-0.2, 0) is 21.3 Å². The zero-order valence-electron chi connectivity index (χ0n) is 8.62. The Labute approximate surface area is 93.5 Å². The summed E-state index contributed by atoms with van der Waals surface area (Å²) in [5.41, 5.74) is 0.701. The summed E-state index contributed by atoms with van der Waals surface area (Å²) in [4.78, 5) is 10.9. The molecule has 1 unspecified atom stereocenters. The summed E-state index contributed by atoms with van der Waals surface area (Å²) in [6.45, 7) is 1.78. The summed E-state index contributed by atoms with van der Waals surface area (Å²) in [6, 6.07) is 6.25. The van der Waals surface area contributed by atoms with Crippen LogP contribution in [0.4, 0.5) is 0 Å². The average molecular weight is 244 g/mol. The van der Waals surface area contributed by atoms with Crippen molar-refractivity contribution in [3.63, 3.8) is 0 Å². The maximum atomic E-state index is 11.0. The van der Waals surface area contributed by atoms with Gasteiger partial charge >= 0.3 is 5.97 Å². The predicted octanol–water partition coefficient (Wildman–Crippen LogP) is 1.26.